The summed E-state index contributed by atoms with van der Waals surface area (Å²) in [7, 11) is -2.14. The number of sulfonamides is 1. The van der Waals surface area contributed by atoms with E-state index in [1.54, 1.807) is 18.2 Å². The van der Waals surface area contributed by atoms with Gasteiger partial charge in [0.05, 0.1) is 12.2 Å². The summed E-state index contributed by atoms with van der Waals surface area (Å²) < 4.78 is 31.6. The van der Waals surface area contributed by atoms with E-state index in [1.165, 1.54) is 23.6 Å². The van der Waals surface area contributed by atoms with Crippen LogP contribution in [0.4, 0.5) is 0 Å². The average Bonchev–Trinajstić information content (AvgIpc) is 2.84. The summed E-state index contributed by atoms with van der Waals surface area (Å²) in [4.78, 5) is 4.14. The maximum atomic E-state index is 12.5. The smallest absolute Gasteiger partial charge is 0.245 e. The van der Waals surface area contributed by atoms with Crippen molar-refractivity contribution in [2.24, 2.45) is 5.73 Å². The van der Waals surface area contributed by atoms with Crippen LogP contribution in [-0.2, 0) is 23.1 Å². The Morgan fingerprint density at radius 2 is 2.10 bits per heavy atom. The second-order valence-corrected chi connectivity index (χ2v) is 6.44. The molecule has 20 heavy (non-hydrogen) atoms. The maximum absolute atomic E-state index is 12.5. The standard InChI is InChI=1S/C13H17N3O3S/c1-10-5-6-11(19-10)9-16(2)20(17,18)13-4-3-7-15-12(13)8-14/h3-7H,8-9,14H2,1-2H3. The molecule has 2 aromatic heterocycles. The summed E-state index contributed by atoms with van der Waals surface area (Å²) in [5, 5.41) is 0. The highest BCUT2D eigenvalue weighted by Gasteiger charge is 2.24. The van der Waals surface area contributed by atoms with Gasteiger partial charge in [0.15, 0.2) is 0 Å². The highest BCUT2D eigenvalue weighted by Crippen LogP contribution is 2.19. The molecular formula is C13H17N3O3S. The minimum absolute atomic E-state index is 0.0725. The Kier molecular flexibility index (Phi) is 4.22. The first-order valence-corrected chi connectivity index (χ1v) is 7.54. The summed E-state index contributed by atoms with van der Waals surface area (Å²) in [6, 6.07) is 6.64. The number of aryl methyl sites for hydroxylation is 1. The minimum atomic E-state index is -3.64. The zero-order chi connectivity index (χ0) is 14.8. The van der Waals surface area contributed by atoms with Crippen molar-refractivity contribution in [2.75, 3.05) is 7.05 Å². The second-order valence-electron chi connectivity index (χ2n) is 4.43. The van der Waals surface area contributed by atoms with Gasteiger partial charge in [-0.15, -0.1) is 0 Å². The van der Waals surface area contributed by atoms with Crippen LogP contribution >= 0.6 is 0 Å². The molecule has 0 aliphatic heterocycles. The van der Waals surface area contributed by atoms with Gasteiger partial charge < -0.3 is 10.2 Å². The Morgan fingerprint density at radius 1 is 1.35 bits per heavy atom. The van der Waals surface area contributed by atoms with Gasteiger partial charge in [0.2, 0.25) is 10.0 Å². The lowest BCUT2D eigenvalue weighted by Crippen LogP contribution is -2.28. The molecule has 2 N–H and O–H groups in total. The van der Waals surface area contributed by atoms with Gasteiger partial charge in [0.1, 0.15) is 16.4 Å². The Morgan fingerprint density at radius 3 is 2.70 bits per heavy atom. The van der Waals surface area contributed by atoms with Gasteiger partial charge in [-0.25, -0.2) is 8.42 Å². The first-order chi connectivity index (χ1) is 9.45. The third-order valence-electron chi connectivity index (χ3n) is 2.90. The van der Waals surface area contributed by atoms with Crippen LogP contribution in [0.3, 0.4) is 0 Å². The predicted molar refractivity (Wildman–Crippen MR) is 74.2 cm³/mol. The van der Waals surface area contributed by atoms with Gasteiger partial charge in [-0.1, -0.05) is 0 Å². The van der Waals surface area contributed by atoms with Crippen LogP contribution < -0.4 is 5.73 Å². The Bertz CT molecular complexity index is 694. The lowest BCUT2D eigenvalue weighted by atomic mass is 10.3. The summed E-state index contributed by atoms with van der Waals surface area (Å²) in [5.74, 6) is 1.33. The zero-order valence-electron chi connectivity index (χ0n) is 11.4. The number of hydrogen-bond donors (Lipinski definition) is 1. The topological polar surface area (TPSA) is 89.4 Å². The molecule has 0 aromatic carbocycles. The van der Waals surface area contributed by atoms with Crippen LogP contribution in [-0.4, -0.2) is 24.8 Å². The molecule has 108 valence electrons. The van der Waals surface area contributed by atoms with Crippen LogP contribution in [0, 0.1) is 6.92 Å². The number of pyridine rings is 1. The molecular weight excluding hydrogens is 278 g/mol. The van der Waals surface area contributed by atoms with Crippen molar-refractivity contribution in [1.29, 1.82) is 0 Å². The highest BCUT2D eigenvalue weighted by atomic mass is 32.2. The third-order valence-corrected chi connectivity index (χ3v) is 4.78. The van der Waals surface area contributed by atoms with E-state index in [0.717, 1.165) is 5.76 Å². The van der Waals surface area contributed by atoms with E-state index in [0.29, 0.717) is 11.5 Å². The van der Waals surface area contributed by atoms with Gasteiger partial charge in [0, 0.05) is 19.8 Å². The number of furan rings is 1. The number of nitrogens with two attached hydrogens (primary N) is 1. The van der Waals surface area contributed by atoms with Crippen molar-refractivity contribution in [3.8, 4) is 0 Å². The summed E-state index contributed by atoms with van der Waals surface area (Å²) in [6.07, 6.45) is 1.52. The largest absolute Gasteiger partial charge is 0.465 e. The fourth-order valence-corrected chi connectivity index (χ4v) is 3.17. The van der Waals surface area contributed by atoms with Gasteiger partial charge >= 0.3 is 0 Å². The molecule has 0 aliphatic rings. The van der Waals surface area contributed by atoms with Crippen molar-refractivity contribution in [3.63, 3.8) is 0 Å². The highest BCUT2D eigenvalue weighted by molar-refractivity contribution is 7.89. The fraction of sp³-hybridized carbons (Fsp3) is 0.308. The molecule has 2 heterocycles. The molecule has 0 saturated carbocycles. The summed E-state index contributed by atoms with van der Waals surface area (Å²) in [6.45, 7) is 2.05. The Labute approximate surface area is 118 Å². The molecule has 0 amide bonds. The molecule has 0 saturated heterocycles. The van der Waals surface area contributed by atoms with E-state index in [-0.39, 0.29) is 18.0 Å². The lowest BCUT2D eigenvalue weighted by Gasteiger charge is -2.17. The van der Waals surface area contributed by atoms with Crippen molar-refractivity contribution in [1.82, 2.24) is 9.29 Å². The van der Waals surface area contributed by atoms with Crippen LogP contribution in [0.25, 0.3) is 0 Å². The SMILES string of the molecule is Cc1ccc(CN(C)S(=O)(=O)c2cccnc2CN)o1. The average molecular weight is 295 g/mol. The van der Waals surface area contributed by atoms with E-state index in [1.807, 2.05) is 6.92 Å². The predicted octanol–water partition coefficient (Wildman–Crippen LogP) is 1.26. The number of nitrogens with zero attached hydrogens (tertiary/aromatic N) is 2. The van der Waals surface area contributed by atoms with E-state index in [4.69, 9.17) is 10.2 Å². The lowest BCUT2D eigenvalue weighted by molar-refractivity contribution is 0.397. The van der Waals surface area contributed by atoms with Crippen molar-refractivity contribution < 1.29 is 12.8 Å². The molecule has 0 unspecified atom stereocenters. The number of aromatic nitrogens is 1. The van der Waals surface area contributed by atoms with Gasteiger partial charge in [0.25, 0.3) is 0 Å². The summed E-state index contributed by atoms with van der Waals surface area (Å²) in [5.41, 5.74) is 5.90. The van der Waals surface area contributed by atoms with Gasteiger partial charge in [-0.05, 0) is 31.2 Å². The molecule has 0 aliphatic carbocycles. The quantitative estimate of drug-likeness (QED) is 0.897. The van der Waals surface area contributed by atoms with E-state index in [2.05, 4.69) is 4.98 Å². The van der Waals surface area contributed by atoms with Crippen LogP contribution in [0.15, 0.2) is 39.8 Å². The van der Waals surface area contributed by atoms with Gasteiger partial charge in [-0.2, -0.15) is 4.31 Å². The molecule has 0 atom stereocenters. The first kappa shape index (κ1) is 14.7. The van der Waals surface area contributed by atoms with Crippen molar-refractivity contribution in [3.05, 3.63) is 47.7 Å². The van der Waals surface area contributed by atoms with E-state index in [9.17, 15) is 8.42 Å². The normalized spacial score (nSPS) is 12.0. The number of rotatable bonds is 5. The monoisotopic (exact) mass is 295 g/mol. The summed E-state index contributed by atoms with van der Waals surface area (Å²) >= 11 is 0. The van der Waals surface area contributed by atoms with E-state index < -0.39 is 10.0 Å². The zero-order valence-corrected chi connectivity index (χ0v) is 12.2. The maximum Gasteiger partial charge on any atom is 0.245 e. The molecule has 0 fully saturated rings. The van der Waals surface area contributed by atoms with Crippen LogP contribution in [0.1, 0.15) is 17.2 Å². The van der Waals surface area contributed by atoms with Crippen LogP contribution in [0.5, 0.6) is 0 Å². The van der Waals surface area contributed by atoms with Crippen molar-refractivity contribution in [2.45, 2.75) is 24.9 Å². The molecule has 2 rings (SSSR count). The second kappa shape index (κ2) is 5.74. The van der Waals surface area contributed by atoms with E-state index >= 15 is 0 Å². The molecule has 6 nitrogen and oxygen atoms in total. The molecule has 0 spiro atoms. The minimum Gasteiger partial charge on any atom is -0.465 e. The first-order valence-electron chi connectivity index (χ1n) is 6.10. The molecule has 2 aromatic rings. The van der Waals surface area contributed by atoms with Crippen molar-refractivity contribution >= 4 is 10.0 Å². The van der Waals surface area contributed by atoms with Gasteiger partial charge in [-0.3, -0.25) is 4.98 Å². The molecule has 7 heteroatoms. The Hall–Kier alpha value is -1.70. The fourth-order valence-electron chi connectivity index (χ4n) is 1.85. The molecule has 0 bridgehead atoms. The molecule has 0 radical (unpaired) electrons. The van der Waals surface area contributed by atoms with Crippen LogP contribution in [0.2, 0.25) is 0 Å². The third kappa shape index (κ3) is 2.90. The Balaban J connectivity index is 2.29. The number of hydrogen-bond acceptors (Lipinski definition) is 5.